The minimum absolute atomic E-state index is 0.0553. The molecule has 0 fully saturated rings. The van der Waals surface area contributed by atoms with E-state index in [9.17, 15) is 20.2 Å². The molecule has 0 amide bonds. The van der Waals surface area contributed by atoms with Crippen molar-refractivity contribution in [2.75, 3.05) is 12.5 Å². The van der Waals surface area contributed by atoms with Crippen molar-refractivity contribution >= 4 is 23.3 Å². The lowest BCUT2D eigenvalue weighted by Gasteiger charge is -2.02. The fraction of sp³-hybridized carbons (Fsp3) is 0.0714. The Kier molecular flexibility index (Phi) is 4.82. The molecule has 23 heavy (non-hydrogen) atoms. The lowest BCUT2D eigenvalue weighted by Crippen LogP contribution is -1.98. The number of methoxy groups -OCH3 is 1. The molecule has 0 unspecified atom stereocenters. The third-order valence-electron chi connectivity index (χ3n) is 2.88. The summed E-state index contributed by atoms with van der Waals surface area (Å²) in [7, 11) is 1.54. The Hall–Kier alpha value is -3.49. The molecule has 0 aliphatic carbocycles. The van der Waals surface area contributed by atoms with Crippen molar-refractivity contribution in [3.63, 3.8) is 0 Å². The van der Waals surface area contributed by atoms with Crippen LogP contribution in [0.3, 0.4) is 0 Å². The predicted octanol–water partition coefficient (Wildman–Crippen LogP) is 2.96. The number of nitro groups is 2. The molecule has 0 spiro atoms. The Bertz CT molecular complexity index is 776. The van der Waals surface area contributed by atoms with Gasteiger partial charge in [-0.05, 0) is 23.8 Å². The molecule has 2 aromatic rings. The number of rotatable bonds is 6. The third kappa shape index (κ3) is 4.00. The van der Waals surface area contributed by atoms with Crippen molar-refractivity contribution in [2.24, 2.45) is 5.10 Å². The minimum atomic E-state index is -0.712. The van der Waals surface area contributed by atoms with Gasteiger partial charge in [0.2, 0.25) is 0 Å². The molecule has 118 valence electrons. The van der Waals surface area contributed by atoms with Crippen LogP contribution in [0.2, 0.25) is 0 Å². The summed E-state index contributed by atoms with van der Waals surface area (Å²) in [5, 5.41) is 25.6. The van der Waals surface area contributed by atoms with Gasteiger partial charge in [0, 0.05) is 6.07 Å². The number of nitrogens with zero attached hydrogens (tertiary/aromatic N) is 3. The van der Waals surface area contributed by atoms with E-state index in [4.69, 9.17) is 4.74 Å². The van der Waals surface area contributed by atoms with E-state index < -0.39 is 15.5 Å². The van der Waals surface area contributed by atoms with Crippen LogP contribution in [-0.2, 0) is 0 Å². The topological polar surface area (TPSA) is 120 Å². The molecule has 0 aromatic heterocycles. The number of benzene rings is 2. The summed E-state index contributed by atoms with van der Waals surface area (Å²) in [4.78, 5) is 20.2. The molecular weight excluding hydrogens is 304 g/mol. The fourth-order valence-corrected chi connectivity index (χ4v) is 1.78. The molecule has 0 atom stereocenters. The molecule has 9 heteroatoms. The Morgan fingerprint density at radius 3 is 2.57 bits per heavy atom. The van der Waals surface area contributed by atoms with Crippen LogP contribution in [0, 0.1) is 20.2 Å². The van der Waals surface area contributed by atoms with E-state index in [1.165, 1.54) is 19.4 Å². The van der Waals surface area contributed by atoms with Gasteiger partial charge in [-0.15, -0.1) is 0 Å². The average molecular weight is 316 g/mol. The molecule has 0 saturated carbocycles. The molecule has 0 radical (unpaired) electrons. The van der Waals surface area contributed by atoms with Crippen LogP contribution in [0.5, 0.6) is 5.75 Å². The van der Waals surface area contributed by atoms with Crippen LogP contribution in [0.25, 0.3) is 0 Å². The number of hydrogen-bond acceptors (Lipinski definition) is 7. The molecule has 0 bridgehead atoms. The van der Waals surface area contributed by atoms with Crippen LogP contribution in [0.4, 0.5) is 17.1 Å². The maximum atomic E-state index is 11.0. The van der Waals surface area contributed by atoms with Crippen LogP contribution in [-0.4, -0.2) is 23.2 Å². The highest BCUT2D eigenvalue weighted by Gasteiger charge is 2.18. The maximum absolute atomic E-state index is 11.0. The highest BCUT2D eigenvalue weighted by atomic mass is 16.6. The van der Waals surface area contributed by atoms with E-state index in [0.29, 0.717) is 5.75 Å². The summed E-state index contributed by atoms with van der Waals surface area (Å²) >= 11 is 0. The molecular formula is C14H12N4O5. The predicted molar refractivity (Wildman–Crippen MR) is 84.0 cm³/mol. The first-order valence-electron chi connectivity index (χ1n) is 6.37. The number of hydrazone groups is 1. The monoisotopic (exact) mass is 316 g/mol. The van der Waals surface area contributed by atoms with Crippen molar-refractivity contribution in [2.45, 2.75) is 0 Å². The zero-order chi connectivity index (χ0) is 16.8. The van der Waals surface area contributed by atoms with Crippen LogP contribution in [0.15, 0.2) is 47.6 Å². The molecule has 0 saturated heterocycles. The lowest BCUT2D eigenvalue weighted by atomic mass is 10.2. The van der Waals surface area contributed by atoms with Crippen molar-refractivity contribution in [3.05, 3.63) is 68.3 Å². The first-order valence-corrected chi connectivity index (χ1v) is 6.37. The summed E-state index contributed by atoms with van der Waals surface area (Å²) in [6.07, 6.45) is 1.45. The molecule has 0 aliphatic rings. The smallest absolute Gasteiger partial charge is 0.301 e. The lowest BCUT2D eigenvalue weighted by molar-refractivity contribution is -0.393. The van der Waals surface area contributed by atoms with E-state index in [1.807, 2.05) is 0 Å². The third-order valence-corrected chi connectivity index (χ3v) is 2.88. The Balaban J connectivity index is 2.20. The van der Waals surface area contributed by atoms with E-state index in [1.54, 1.807) is 24.3 Å². The second-order valence-electron chi connectivity index (χ2n) is 4.36. The largest absolute Gasteiger partial charge is 0.497 e. The van der Waals surface area contributed by atoms with Gasteiger partial charge in [-0.25, -0.2) is 0 Å². The second kappa shape index (κ2) is 6.98. The highest BCUT2D eigenvalue weighted by molar-refractivity contribution is 5.81. The average Bonchev–Trinajstić information content (AvgIpc) is 2.55. The Labute approximate surface area is 130 Å². The van der Waals surface area contributed by atoms with Gasteiger partial charge in [-0.2, -0.15) is 5.10 Å². The van der Waals surface area contributed by atoms with Gasteiger partial charge in [0.1, 0.15) is 11.4 Å². The fourth-order valence-electron chi connectivity index (χ4n) is 1.78. The van der Waals surface area contributed by atoms with Crippen molar-refractivity contribution in [3.8, 4) is 5.75 Å². The van der Waals surface area contributed by atoms with Crippen molar-refractivity contribution < 1.29 is 14.6 Å². The normalized spacial score (nSPS) is 10.5. The first-order chi connectivity index (χ1) is 11.0. The summed E-state index contributed by atoms with van der Waals surface area (Å²) in [5.41, 5.74) is 2.50. The molecule has 9 nitrogen and oxygen atoms in total. The quantitative estimate of drug-likeness (QED) is 0.497. The molecule has 2 rings (SSSR count). The molecule has 1 N–H and O–H groups in total. The number of non-ortho nitro benzene ring substituents is 1. The first kappa shape index (κ1) is 15.9. The van der Waals surface area contributed by atoms with E-state index in [0.717, 1.165) is 17.7 Å². The standard InChI is InChI=1S/C14H12N4O5/c1-23-12-4-2-3-10(7-12)9-15-16-13-6-5-11(17(19)20)8-14(13)18(21)22/h2-9,16H,1H3/b15-9+. The van der Waals surface area contributed by atoms with E-state index in [2.05, 4.69) is 10.5 Å². The minimum Gasteiger partial charge on any atom is -0.497 e. The van der Waals surface area contributed by atoms with Gasteiger partial charge in [-0.3, -0.25) is 25.7 Å². The molecule has 0 heterocycles. The number of nitro benzene ring substituents is 2. The van der Waals surface area contributed by atoms with Crippen LogP contribution in [0.1, 0.15) is 5.56 Å². The van der Waals surface area contributed by atoms with E-state index in [-0.39, 0.29) is 11.4 Å². The van der Waals surface area contributed by atoms with E-state index >= 15 is 0 Å². The zero-order valence-corrected chi connectivity index (χ0v) is 12.0. The number of hydrogen-bond donors (Lipinski definition) is 1. The van der Waals surface area contributed by atoms with Gasteiger partial charge in [-0.1, -0.05) is 12.1 Å². The zero-order valence-electron chi connectivity index (χ0n) is 12.0. The second-order valence-corrected chi connectivity index (χ2v) is 4.36. The number of nitrogens with one attached hydrogen (secondary N) is 1. The van der Waals surface area contributed by atoms with Gasteiger partial charge in [0.15, 0.2) is 0 Å². The highest BCUT2D eigenvalue weighted by Crippen LogP contribution is 2.28. The summed E-state index contributed by atoms with van der Waals surface area (Å²) in [6.45, 7) is 0. The van der Waals surface area contributed by atoms with Crippen molar-refractivity contribution in [1.29, 1.82) is 0 Å². The summed E-state index contributed by atoms with van der Waals surface area (Å²) in [6, 6.07) is 10.3. The Morgan fingerprint density at radius 1 is 1.13 bits per heavy atom. The SMILES string of the molecule is COc1cccc(/C=N/Nc2ccc([N+](=O)[O-])cc2[N+](=O)[O-])c1. The molecule has 2 aromatic carbocycles. The van der Waals surface area contributed by atoms with Crippen LogP contribution < -0.4 is 10.2 Å². The maximum Gasteiger partial charge on any atom is 0.301 e. The van der Waals surface area contributed by atoms with Crippen molar-refractivity contribution in [1.82, 2.24) is 0 Å². The number of anilines is 1. The van der Waals surface area contributed by atoms with Gasteiger partial charge >= 0.3 is 5.69 Å². The summed E-state index contributed by atoms with van der Waals surface area (Å²) < 4.78 is 5.07. The van der Waals surface area contributed by atoms with Gasteiger partial charge in [0.25, 0.3) is 5.69 Å². The van der Waals surface area contributed by atoms with Crippen LogP contribution >= 0.6 is 0 Å². The van der Waals surface area contributed by atoms with Gasteiger partial charge in [0.05, 0.1) is 29.2 Å². The Morgan fingerprint density at radius 2 is 1.91 bits per heavy atom. The number of ether oxygens (including phenoxy) is 1. The summed E-state index contributed by atoms with van der Waals surface area (Å²) in [5.74, 6) is 0.648. The van der Waals surface area contributed by atoms with Gasteiger partial charge < -0.3 is 4.74 Å². The molecule has 0 aliphatic heterocycles.